The van der Waals surface area contributed by atoms with E-state index in [1.54, 1.807) is 17.2 Å². The number of alkyl halides is 3. The number of nitrogens with one attached hydrogen (secondary N) is 2. The Labute approximate surface area is 269 Å². The molecule has 1 fully saturated rings. The van der Waals surface area contributed by atoms with Gasteiger partial charge in [-0.2, -0.15) is 21.6 Å². The molecule has 0 spiro atoms. The molecular weight excluding hydrogens is 639 g/mol. The highest BCUT2D eigenvalue weighted by Gasteiger charge is 2.50. The van der Waals surface area contributed by atoms with Crippen LogP contribution in [0.15, 0.2) is 54.7 Å². The van der Waals surface area contributed by atoms with Gasteiger partial charge in [-0.05, 0) is 54.1 Å². The molecule has 0 aliphatic carbocycles. The van der Waals surface area contributed by atoms with Crippen molar-refractivity contribution in [1.29, 1.82) is 0 Å². The number of likely N-dealkylation sites (tertiary alicyclic amines) is 1. The lowest BCUT2D eigenvalue weighted by Crippen LogP contribution is -2.51. The van der Waals surface area contributed by atoms with Crippen molar-refractivity contribution in [1.82, 2.24) is 25.1 Å². The van der Waals surface area contributed by atoms with E-state index in [1.165, 1.54) is 13.2 Å². The zero-order chi connectivity index (χ0) is 33.8. The molecule has 3 aliphatic rings. The second-order valence-corrected chi connectivity index (χ2v) is 13.7. The zero-order valence-corrected chi connectivity index (χ0v) is 26.9. The minimum Gasteiger partial charge on any atom is -0.453 e. The maximum Gasteiger partial charge on any atom is 0.534 e. The molecule has 47 heavy (non-hydrogen) atoms. The number of imidazole rings is 1. The summed E-state index contributed by atoms with van der Waals surface area (Å²) in [7, 11) is -2.77. The van der Waals surface area contributed by atoms with Crippen LogP contribution in [0.1, 0.15) is 61.8 Å². The minimum atomic E-state index is -5.84. The molecule has 3 aromatic rings. The van der Waals surface area contributed by atoms with Gasteiger partial charge in [-0.1, -0.05) is 56.3 Å². The Morgan fingerprint density at radius 3 is 2.34 bits per heavy atom. The highest BCUT2D eigenvalue weighted by Crippen LogP contribution is 2.54. The summed E-state index contributed by atoms with van der Waals surface area (Å²) in [4.78, 5) is 37.0. The lowest BCUT2D eigenvalue weighted by Gasteiger charge is -2.30. The number of fused-ring (bicyclic) bond motifs is 5. The van der Waals surface area contributed by atoms with Crippen LogP contribution in [0.5, 0.6) is 5.75 Å². The highest BCUT2D eigenvalue weighted by molar-refractivity contribution is 7.88. The van der Waals surface area contributed by atoms with Gasteiger partial charge in [-0.25, -0.2) is 9.78 Å². The number of aromatic amines is 1. The maximum atomic E-state index is 13.5. The van der Waals surface area contributed by atoms with Crippen LogP contribution in [0, 0.1) is 5.92 Å². The number of benzene rings is 2. The molecule has 6 rings (SSSR count). The predicted molar refractivity (Wildman–Crippen MR) is 165 cm³/mol. The number of ether oxygens (including phenoxy) is 1. The smallest absolute Gasteiger partial charge is 0.453 e. The third kappa shape index (κ3) is 5.75. The summed E-state index contributed by atoms with van der Waals surface area (Å²) in [5.74, 6) is -0.0717. The summed E-state index contributed by atoms with van der Waals surface area (Å²) in [5.41, 5.74) is -1.38. The first kappa shape index (κ1) is 32.6. The number of rotatable bonds is 8. The van der Waals surface area contributed by atoms with Gasteiger partial charge in [-0.15, -0.1) is 0 Å². The molecular formula is C32H34F3N5O6S. The van der Waals surface area contributed by atoms with Crippen LogP contribution in [0.25, 0.3) is 22.4 Å². The number of carbonyl (C=O) groups excluding carboxylic acids is 2. The van der Waals surface area contributed by atoms with Gasteiger partial charge < -0.3 is 24.1 Å². The summed E-state index contributed by atoms with van der Waals surface area (Å²) in [6, 6.07) is 8.67. The third-order valence-electron chi connectivity index (χ3n) is 9.02. The number of alkyl carbamates (subject to hydrolysis) is 1. The van der Waals surface area contributed by atoms with E-state index >= 15 is 0 Å². The van der Waals surface area contributed by atoms with Gasteiger partial charge in [0.2, 0.25) is 5.91 Å². The number of amides is 2. The molecule has 3 aliphatic heterocycles. The Hall–Kier alpha value is -4.37. The van der Waals surface area contributed by atoms with Crippen molar-refractivity contribution in [2.24, 2.45) is 5.92 Å². The lowest BCUT2D eigenvalue weighted by atomic mass is 9.88. The van der Waals surface area contributed by atoms with Crippen LogP contribution in [0.3, 0.4) is 0 Å². The molecule has 2 amide bonds. The first-order valence-corrected chi connectivity index (χ1v) is 16.5. The molecule has 11 nitrogen and oxygen atoms in total. The largest absolute Gasteiger partial charge is 0.534 e. The molecule has 1 aromatic heterocycles. The van der Waals surface area contributed by atoms with Crippen molar-refractivity contribution >= 4 is 22.1 Å². The number of hydrogen-bond acceptors (Lipinski definition) is 8. The Morgan fingerprint density at radius 1 is 1.04 bits per heavy atom. The molecule has 0 radical (unpaired) electrons. The van der Waals surface area contributed by atoms with Gasteiger partial charge in [0.25, 0.3) is 0 Å². The zero-order valence-electron chi connectivity index (χ0n) is 26.0. The SMILES string of the molecule is COC(=O)N[C@H](C(=O)N1CCC[C@H]1c1ncc(-c2ccc(-c3ccc(OS(=O)(=O)C(F)(F)F)c4c3C3C=CC4N3C)cc2)[nH]1)C(C)C. The van der Waals surface area contributed by atoms with E-state index in [9.17, 15) is 31.2 Å². The molecule has 0 saturated carbocycles. The van der Waals surface area contributed by atoms with Crippen LogP contribution in [-0.4, -0.2) is 72.4 Å². The minimum absolute atomic E-state index is 0.155. The van der Waals surface area contributed by atoms with E-state index in [4.69, 9.17) is 4.74 Å². The molecule has 4 heterocycles. The normalized spacial score (nSPS) is 21.3. The van der Waals surface area contributed by atoms with E-state index in [0.29, 0.717) is 29.9 Å². The second kappa shape index (κ2) is 12.0. The molecule has 1 saturated heterocycles. The van der Waals surface area contributed by atoms with E-state index < -0.39 is 33.8 Å². The fourth-order valence-corrected chi connectivity index (χ4v) is 7.14. The topological polar surface area (TPSA) is 134 Å². The van der Waals surface area contributed by atoms with E-state index in [2.05, 4.69) is 19.5 Å². The van der Waals surface area contributed by atoms with Crippen LogP contribution < -0.4 is 9.50 Å². The average Bonchev–Trinajstić information content (AvgIpc) is 3.83. The summed E-state index contributed by atoms with van der Waals surface area (Å²) in [6.45, 7) is 4.24. The number of nitrogens with zero attached hydrogens (tertiary/aromatic N) is 3. The fraction of sp³-hybridized carbons (Fsp3) is 0.406. The van der Waals surface area contributed by atoms with Gasteiger partial charge in [0, 0.05) is 12.1 Å². The number of halogens is 3. The van der Waals surface area contributed by atoms with Crippen LogP contribution in [0.2, 0.25) is 0 Å². The first-order chi connectivity index (χ1) is 22.2. The lowest BCUT2D eigenvalue weighted by molar-refractivity contribution is -0.135. The fourth-order valence-electron chi connectivity index (χ4n) is 6.66. The van der Waals surface area contributed by atoms with Gasteiger partial charge >= 0.3 is 21.7 Å². The van der Waals surface area contributed by atoms with E-state index in [1.807, 2.05) is 62.2 Å². The van der Waals surface area contributed by atoms with Crippen LogP contribution >= 0.6 is 0 Å². The number of methoxy groups -OCH3 is 1. The standard InChI is InChI=1S/C32H34F3N5O6S/c1-17(2)28(38-31(42)45-4)30(41)40-15-5-6-24(40)29-36-16-21(37-29)19-9-7-18(8-10-19)20-11-14-25(46-47(43,44)32(33,34)35)27-23-13-12-22(26(20)27)39(23)3/h7-14,16-17,22-24,28H,5-6,15H2,1-4H3,(H,36,37)(H,38,42)/t22?,23?,24-,28-/m0/s1. The third-order valence-corrected chi connectivity index (χ3v) is 9.99. The summed E-state index contributed by atoms with van der Waals surface area (Å²) in [5, 5.41) is 2.64. The van der Waals surface area contributed by atoms with Crippen molar-refractivity contribution in [2.45, 2.75) is 56.4 Å². The number of hydrogen-bond donors (Lipinski definition) is 2. The quantitative estimate of drug-likeness (QED) is 0.179. The van der Waals surface area contributed by atoms with E-state index in [-0.39, 0.29) is 29.7 Å². The number of H-pyrrole nitrogens is 1. The molecule has 2 unspecified atom stereocenters. The van der Waals surface area contributed by atoms with Crippen LogP contribution in [-0.2, 0) is 19.6 Å². The molecule has 15 heteroatoms. The first-order valence-electron chi connectivity index (χ1n) is 15.1. The van der Waals surface area contributed by atoms with Crippen molar-refractivity contribution < 1.29 is 40.1 Å². The maximum absolute atomic E-state index is 13.5. The second-order valence-electron chi connectivity index (χ2n) is 12.2. The van der Waals surface area contributed by atoms with Crippen molar-refractivity contribution in [3.8, 4) is 28.1 Å². The van der Waals surface area contributed by atoms with Gasteiger partial charge in [0.05, 0.1) is 37.1 Å². The Balaban J connectivity index is 1.25. The van der Waals surface area contributed by atoms with Crippen molar-refractivity contribution in [3.05, 3.63) is 71.7 Å². The molecule has 4 atom stereocenters. The van der Waals surface area contributed by atoms with Crippen molar-refractivity contribution in [3.63, 3.8) is 0 Å². The van der Waals surface area contributed by atoms with Crippen molar-refractivity contribution in [2.75, 3.05) is 20.7 Å². The summed E-state index contributed by atoms with van der Waals surface area (Å²) < 4.78 is 72.4. The van der Waals surface area contributed by atoms with Gasteiger partial charge in [-0.3, -0.25) is 9.69 Å². The van der Waals surface area contributed by atoms with Gasteiger partial charge in [0.15, 0.2) is 0 Å². The van der Waals surface area contributed by atoms with Gasteiger partial charge in [0.1, 0.15) is 17.6 Å². The number of likely N-dealkylation sites (N-methyl/N-ethyl adjacent to an activating group) is 1. The Bertz CT molecular complexity index is 1840. The number of carbonyl (C=O) groups is 2. The average molecular weight is 674 g/mol. The highest BCUT2D eigenvalue weighted by atomic mass is 32.2. The summed E-state index contributed by atoms with van der Waals surface area (Å²) >= 11 is 0. The molecule has 250 valence electrons. The Kier molecular flexibility index (Phi) is 8.32. The molecule has 2 N–H and O–H groups in total. The Morgan fingerprint density at radius 2 is 1.70 bits per heavy atom. The molecule has 2 bridgehead atoms. The monoisotopic (exact) mass is 673 g/mol. The predicted octanol–water partition coefficient (Wildman–Crippen LogP) is 5.61. The number of aromatic nitrogens is 2. The summed E-state index contributed by atoms with van der Waals surface area (Å²) in [6.07, 6.45) is 6.27. The van der Waals surface area contributed by atoms with Crippen LogP contribution in [0.4, 0.5) is 18.0 Å². The molecule has 2 aromatic carbocycles. The van der Waals surface area contributed by atoms with E-state index in [0.717, 1.165) is 28.8 Å².